The van der Waals surface area contributed by atoms with Gasteiger partial charge in [-0.2, -0.15) is 24.9 Å². The summed E-state index contributed by atoms with van der Waals surface area (Å²) in [6.45, 7) is 0. The highest BCUT2D eigenvalue weighted by Gasteiger charge is 2.30. The van der Waals surface area contributed by atoms with Gasteiger partial charge in [-0.15, -0.1) is 11.3 Å². The highest BCUT2D eigenvalue weighted by molar-refractivity contribution is 7.97. The zero-order chi connectivity index (χ0) is 16.4. The van der Waals surface area contributed by atoms with E-state index < -0.39 is 11.7 Å². The number of nitrogens with zero attached hydrogens (tertiary/aromatic N) is 2. The minimum Gasteiger partial charge on any atom is -0.269 e. The fraction of sp³-hybridized carbons (Fsp3) is 0.200. The number of thioether (sulfide) groups is 1. The lowest BCUT2D eigenvalue weighted by Gasteiger charge is -2.08. The number of benzene rings is 1. The van der Waals surface area contributed by atoms with Crippen LogP contribution in [0.3, 0.4) is 0 Å². The third-order valence-corrected chi connectivity index (χ3v) is 4.92. The number of aromatic nitrogens is 2. The van der Waals surface area contributed by atoms with Gasteiger partial charge in [-0.25, -0.2) is 4.98 Å². The van der Waals surface area contributed by atoms with Gasteiger partial charge in [0, 0.05) is 29.1 Å². The van der Waals surface area contributed by atoms with Crippen molar-refractivity contribution in [3.63, 3.8) is 0 Å². The summed E-state index contributed by atoms with van der Waals surface area (Å²) in [5, 5.41) is 1.78. The van der Waals surface area contributed by atoms with Gasteiger partial charge in [0.2, 0.25) is 0 Å². The maximum atomic E-state index is 12.7. The van der Waals surface area contributed by atoms with E-state index in [1.54, 1.807) is 17.6 Å². The number of rotatable bonds is 4. The van der Waals surface area contributed by atoms with Crippen LogP contribution in [0.25, 0.3) is 4.96 Å². The monoisotopic (exact) mass is 356 g/mol. The molecular weight excluding hydrogens is 345 g/mol. The molecule has 2 aromatic heterocycles. The van der Waals surface area contributed by atoms with Gasteiger partial charge in [-0.1, -0.05) is 18.2 Å². The van der Waals surface area contributed by atoms with Crippen LogP contribution in [0.5, 0.6) is 0 Å². The Kier molecular flexibility index (Phi) is 4.45. The minimum atomic E-state index is -4.33. The minimum absolute atomic E-state index is 0.147. The van der Waals surface area contributed by atoms with Gasteiger partial charge in [0.25, 0.3) is 5.56 Å². The van der Waals surface area contributed by atoms with Gasteiger partial charge in [0.1, 0.15) is 0 Å². The van der Waals surface area contributed by atoms with Crippen molar-refractivity contribution in [2.45, 2.75) is 17.7 Å². The molecule has 3 nitrogen and oxygen atoms in total. The first-order valence-electron chi connectivity index (χ1n) is 6.63. The van der Waals surface area contributed by atoms with Crippen molar-refractivity contribution in [1.82, 2.24) is 9.38 Å². The second-order valence-corrected chi connectivity index (χ2v) is 6.69. The van der Waals surface area contributed by atoms with Gasteiger partial charge < -0.3 is 0 Å². The lowest BCUT2D eigenvalue weighted by Crippen LogP contribution is -2.12. The number of fused-ring (bicyclic) bond motifs is 1. The molecule has 0 radical (unpaired) electrons. The predicted molar refractivity (Wildman–Crippen MR) is 85.8 cm³/mol. The van der Waals surface area contributed by atoms with Crippen molar-refractivity contribution in [3.05, 3.63) is 69.1 Å². The molecule has 0 aliphatic carbocycles. The lowest BCUT2D eigenvalue weighted by atomic mass is 10.1. The summed E-state index contributed by atoms with van der Waals surface area (Å²) in [4.78, 5) is 16.8. The SMILES string of the molecule is O=c1cc(CSCc2cccc(C(F)(F)F)c2)nc2sccn12. The summed E-state index contributed by atoms with van der Waals surface area (Å²) >= 11 is 2.79. The molecular formula is C15H11F3N2OS2. The van der Waals surface area contributed by atoms with Crippen molar-refractivity contribution >= 4 is 28.1 Å². The Morgan fingerprint density at radius 1 is 1.22 bits per heavy atom. The summed E-state index contributed by atoms with van der Waals surface area (Å²) in [6.07, 6.45) is -2.67. The summed E-state index contributed by atoms with van der Waals surface area (Å²) < 4.78 is 39.5. The Balaban J connectivity index is 1.68. The maximum absolute atomic E-state index is 12.7. The highest BCUT2D eigenvalue weighted by Crippen LogP contribution is 2.30. The number of halogens is 3. The molecule has 1 aromatic carbocycles. The third kappa shape index (κ3) is 3.76. The molecule has 23 heavy (non-hydrogen) atoms. The van der Waals surface area contributed by atoms with Crippen LogP contribution in [0.2, 0.25) is 0 Å². The third-order valence-electron chi connectivity index (χ3n) is 3.13. The Labute approximate surface area is 137 Å². The number of alkyl halides is 3. The summed E-state index contributed by atoms with van der Waals surface area (Å²) in [7, 11) is 0. The molecule has 0 fully saturated rings. The van der Waals surface area contributed by atoms with Crippen LogP contribution >= 0.6 is 23.1 Å². The molecule has 0 aliphatic heterocycles. The number of hydrogen-bond acceptors (Lipinski definition) is 4. The lowest BCUT2D eigenvalue weighted by molar-refractivity contribution is -0.137. The molecule has 0 aliphatic rings. The van der Waals surface area contributed by atoms with E-state index in [4.69, 9.17) is 0 Å². The van der Waals surface area contributed by atoms with Crippen LogP contribution < -0.4 is 5.56 Å². The standard InChI is InChI=1S/C15H11F3N2OS2/c16-15(17,18)11-3-1-2-10(6-11)8-22-9-12-7-13(21)20-4-5-23-14(20)19-12/h1-7H,8-9H2. The highest BCUT2D eigenvalue weighted by atomic mass is 32.2. The van der Waals surface area contributed by atoms with E-state index in [0.29, 0.717) is 27.7 Å². The van der Waals surface area contributed by atoms with Crippen molar-refractivity contribution < 1.29 is 13.2 Å². The van der Waals surface area contributed by atoms with E-state index in [1.807, 2.05) is 0 Å². The molecule has 0 atom stereocenters. The van der Waals surface area contributed by atoms with Gasteiger partial charge >= 0.3 is 6.18 Å². The summed E-state index contributed by atoms with van der Waals surface area (Å²) in [5.74, 6) is 0.898. The number of thiazole rings is 1. The Bertz CT molecular complexity index is 886. The van der Waals surface area contributed by atoms with Gasteiger partial charge in [-0.3, -0.25) is 9.20 Å². The van der Waals surface area contributed by atoms with Gasteiger partial charge in [-0.05, 0) is 11.6 Å². The predicted octanol–water partition coefficient (Wildman–Crippen LogP) is 4.21. The molecule has 0 amide bonds. The molecule has 0 N–H and O–H groups in total. The van der Waals surface area contributed by atoms with Crippen molar-refractivity contribution in [2.75, 3.05) is 0 Å². The second-order valence-electron chi connectivity index (χ2n) is 4.83. The average molecular weight is 356 g/mol. The molecule has 3 aromatic rings. The van der Waals surface area contributed by atoms with E-state index in [1.165, 1.54) is 39.6 Å². The van der Waals surface area contributed by atoms with E-state index in [9.17, 15) is 18.0 Å². The average Bonchev–Trinajstić information content (AvgIpc) is 2.96. The first-order chi connectivity index (χ1) is 10.9. The van der Waals surface area contributed by atoms with E-state index in [2.05, 4.69) is 4.98 Å². The molecule has 0 bridgehead atoms. The van der Waals surface area contributed by atoms with Crippen LogP contribution in [-0.2, 0) is 17.7 Å². The van der Waals surface area contributed by atoms with E-state index in [0.717, 1.165) is 12.1 Å². The first-order valence-corrected chi connectivity index (χ1v) is 8.66. The molecule has 0 spiro atoms. The zero-order valence-corrected chi connectivity index (χ0v) is 13.3. The number of hydrogen-bond donors (Lipinski definition) is 0. The van der Waals surface area contributed by atoms with Crippen LogP contribution in [-0.4, -0.2) is 9.38 Å². The maximum Gasteiger partial charge on any atom is 0.416 e. The van der Waals surface area contributed by atoms with E-state index >= 15 is 0 Å². The van der Waals surface area contributed by atoms with Crippen LogP contribution in [0.15, 0.2) is 46.7 Å². The Morgan fingerprint density at radius 3 is 2.83 bits per heavy atom. The smallest absolute Gasteiger partial charge is 0.269 e. The molecule has 3 rings (SSSR count). The van der Waals surface area contributed by atoms with Gasteiger partial charge in [0.05, 0.1) is 11.3 Å². The van der Waals surface area contributed by atoms with Crippen molar-refractivity contribution in [3.8, 4) is 0 Å². The van der Waals surface area contributed by atoms with Crippen LogP contribution in [0.4, 0.5) is 13.2 Å². The fourth-order valence-electron chi connectivity index (χ4n) is 2.07. The van der Waals surface area contributed by atoms with Crippen molar-refractivity contribution in [2.24, 2.45) is 0 Å². The van der Waals surface area contributed by atoms with E-state index in [-0.39, 0.29) is 5.56 Å². The molecule has 2 heterocycles. The fourth-order valence-corrected chi connectivity index (χ4v) is 3.69. The molecule has 120 valence electrons. The molecule has 8 heteroatoms. The Morgan fingerprint density at radius 2 is 2.04 bits per heavy atom. The van der Waals surface area contributed by atoms with Crippen LogP contribution in [0, 0.1) is 0 Å². The van der Waals surface area contributed by atoms with Crippen molar-refractivity contribution in [1.29, 1.82) is 0 Å². The Hall–Kier alpha value is -1.80. The normalized spacial score (nSPS) is 12.0. The summed E-state index contributed by atoms with van der Waals surface area (Å²) in [6, 6.07) is 6.73. The van der Waals surface area contributed by atoms with Gasteiger partial charge in [0.15, 0.2) is 4.96 Å². The zero-order valence-electron chi connectivity index (χ0n) is 11.7. The molecule has 0 saturated carbocycles. The second kappa shape index (κ2) is 6.37. The largest absolute Gasteiger partial charge is 0.416 e. The molecule has 0 saturated heterocycles. The first kappa shape index (κ1) is 16.1. The van der Waals surface area contributed by atoms with Crippen LogP contribution in [0.1, 0.15) is 16.8 Å². The quantitative estimate of drug-likeness (QED) is 0.702. The molecule has 0 unspecified atom stereocenters. The topological polar surface area (TPSA) is 34.4 Å². The summed E-state index contributed by atoms with van der Waals surface area (Å²) in [5.41, 5.74) is 0.436.